The maximum atomic E-state index is 12.7. The van der Waals surface area contributed by atoms with Crippen LogP contribution in [0.1, 0.15) is 46.1 Å². The van der Waals surface area contributed by atoms with Crippen molar-refractivity contribution < 1.29 is 19.1 Å². The minimum absolute atomic E-state index is 0.0805. The highest BCUT2D eigenvalue weighted by molar-refractivity contribution is 5.95. The van der Waals surface area contributed by atoms with Gasteiger partial charge in [0, 0.05) is 25.8 Å². The molecule has 0 radical (unpaired) electrons. The van der Waals surface area contributed by atoms with E-state index >= 15 is 0 Å². The molecule has 0 bridgehead atoms. The summed E-state index contributed by atoms with van der Waals surface area (Å²) in [6.45, 7) is 10.9. The number of hydrogen-bond donors (Lipinski definition) is 2. The van der Waals surface area contributed by atoms with Gasteiger partial charge in [0.2, 0.25) is 17.7 Å². The Morgan fingerprint density at radius 3 is 2.30 bits per heavy atom. The van der Waals surface area contributed by atoms with Crippen molar-refractivity contribution in [1.29, 1.82) is 0 Å². The molecule has 3 amide bonds. The summed E-state index contributed by atoms with van der Waals surface area (Å²) in [5.41, 5.74) is 1.91. The van der Waals surface area contributed by atoms with Crippen LogP contribution < -0.4 is 10.6 Å². The second-order valence-electron chi connectivity index (χ2n) is 9.07. The minimum atomic E-state index is -0.373. The zero-order chi connectivity index (χ0) is 22.7. The van der Waals surface area contributed by atoms with Gasteiger partial charge in [0.05, 0.1) is 19.7 Å². The Morgan fingerprint density at radius 1 is 1.10 bits per heavy atom. The molecule has 1 aromatic carbocycles. The van der Waals surface area contributed by atoms with Gasteiger partial charge < -0.3 is 20.3 Å². The van der Waals surface area contributed by atoms with Crippen LogP contribution in [0.25, 0.3) is 0 Å². The first kappa shape index (κ1) is 25.6. The van der Waals surface area contributed by atoms with Crippen LogP contribution in [0.3, 0.4) is 0 Å². The number of amides is 3. The smallest absolute Gasteiger partial charge is 0.243 e. The average Bonchev–Trinajstić information content (AvgIpc) is 2.63. The van der Waals surface area contributed by atoms with Crippen LogP contribution >= 0.6 is 0 Å². The first-order valence-electron chi connectivity index (χ1n) is 10.4. The van der Waals surface area contributed by atoms with Crippen molar-refractivity contribution >= 4 is 23.4 Å². The molecule has 1 atom stereocenters. The number of anilines is 1. The van der Waals surface area contributed by atoms with E-state index in [1.165, 1.54) is 4.90 Å². The number of carbonyl (C=O) groups is 3. The van der Waals surface area contributed by atoms with Crippen LogP contribution in [0, 0.1) is 18.3 Å². The van der Waals surface area contributed by atoms with E-state index in [0.29, 0.717) is 25.3 Å². The van der Waals surface area contributed by atoms with Crippen molar-refractivity contribution in [1.82, 2.24) is 10.2 Å². The molecule has 7 nitrogen and oxygen atoms in total. The van der Waals surface area contributed by atoms with E-state index in [0.717, 1.165) is 12.0 Å². The fourth-order valence-corrected chi connectivity index (χ4v) is 3.29. The number of methoxy groups -OCH3 is 1. The van der Waals surface area contributed by atoms with Crippen LogP contribution in [-0.2, 0) is 19.1 Å². The zero-order valence-electron chi connectivity index (χ0n) is 19.2. The van der Waals surface area contributed by atoms with Crippen LogP contribution in [0.4, 0.5) is 5.69 Å². The molecule has 0 saturated heterocycles. The van der Waals surface area contributed by atoms with Gasteiger partial charge in [-0.2, -0.15) is 0 Å². The highest BCUT2D eigenvalue weighted by atomic mass is 16.5. The quantitative estimate of drug-likeness (QED) is 0.577. The molecule has 0 aromatic heterocycles. The van der Waals surface area contributed by atoms with E-state index in [1.54, 1.807) is 19.2 Å². The van der Waals surface area contributed by atoms with Gasteiger partial charge in [0.25, 0.3) is 0 Å². The van der Waals surface area contributed by atoms with Crippen LogP contribution in [-0.4, -0.2) is 56.0 Å². The van der Waals surface area contributed by atoms with Crippen LogP contribution in [0.15, 0.2) is 24.3 Å². The molecule has 0 aliphatic rings. The predicted molar refractivity (Wildman–Crippen MR) is 119 cm³/mol. The van der Waals surface area contributed by atoms with E-state index < -0.39 is 0 Å². The number of nitrogens with one attached hydrogen (secondary N) is 2. The third-order valence-corrected chi connectivity index (χ3v) is 4.52. The van der Waals surface area contributed by atoms with Crippen LogP contribution in [0.2, 0.25) is 0 Å². The summed E-state index contributed by atoms with van der Waals surface area (Å²) >= 11 is 0. The summed E-state index contributed by atoms with van der Waals surface area (Å²) in [7, 11) is 1.56. The molecule has 30 heavy (non-hydrogen) atoms. The average molecular weight is 420 g/mol. The fourth-order valence-electron chi connectivity index (χ4n) is 3.29. The number of benzene rings is 1. The molecule has 0 aliphatic heterocycles. The monoisotopic (exact) mass is 419 g/mol. The third kappa shape index (κ3) is 11.0. The molecule has 0 spiro atoms. The molecule has 2 N–H and O–H groups in total. The molecular weight excluding hydrogens is 382 g/mol. The summed E-state index contributed by atoms with van der Waals surface area (Å²) in [5.74, 6) is -0.559. The van der Waals surface area contributed by atoms with E-state index in [-0.39, 0.29) is 42.1 Å². The summed E-state index contributed by atoms with van der Waals surface area (Å²) < 4.78 is 5.07. The number of hydrogen-bond acceptors (Lipinski definition) is 4. The molecule has 168 valence electrons. The molecule has 0 fully saturated rings. The fraction of sp³-hybridized carbons (Fsp3) is 0.609. The third-order valence-electron chi connectivity index (χ3n) is 4.52. The lowest BCUT2D eigenvalue weighted by Crippen LogP contribution is -2.44. The molecule has 0 unspecified atom stereocenters. The number of carbonyl (C=O) groups excluding carboxylic acids is 3. The van der Waals surface area contributed by atoms with Gasteiger partial charge in [-0.25, -0.2) is 0 Å². The Hall–Kier alpha value is -2.41. The van der Waals surface area contributed by atoms with Gasteiger partial charge in [-0.15, -0.1) is 0 Å². The lowest BCUT2D eigenvalue weighted by molar-refractivity contribution is -0.137. The summed E-state index contributed by atoms with van der Waals surface area (Å²) in [4.78, 5) is 38.6. The lowest BCUT2D eigenvalue weighted by atomic mass is 9.84. The van der Waals surface area contributed by atoms with Gasteiger partial charge in [-0.3, -0.25) is 14.4 Å². The predicted octanol–water partition coefficient (Wildman–Crippen LogP) is 2.99. The Kier molecular flexibility index (Phi) is 10.5. The SMILES string of the molecule is COCCN(CC(=O)NCC(=O)Nc1ccc(C)cc1)C(=O)C[C@H](C)CC(C)(C)C. The van der Waals surface area contributed by atoms with Gasteiger partial charge in [0.1, 0.15) is 0 Å². The molecule has 7 heteroatoms. The number of rotatable bonds is 11. The van der Waals surface area contributed by atoms with E-state index in [4.69, 9.17) is 4.74 Å². The van der Waals surface area contributed by atoms with E-state index in [1.807, 2.05) is 26.0 Å². The standard InChI is InChI=1S/C23H37N3O4/c1-17-7-9-19(10-8-17)25-20(27)15-24-21(28)16-26(11-12-30-6)22(29)13-18(2)14-23(3,4)5/h7-10,18H,11-16H2,1-6H3,(H,24,28)(H,25,27)/t18-/m0/s1. The van der Waals surface area contributed by atoms with E-state index in [2.05, 4.69) is 31.4 Å². The Morgan fingerprint density at radius 2 is 1.73 bits per heavy atom. The minimum Gasteiger partial charge on any atom is -0.383 e. The topological polar surface area (TPSA) is 87.7 Å². The van der Waals surface area contributed by atoms with E-state index in [9.17, 15) is 14.4 Å². The maximum absolute atomic E-state index is 12.7. The molecule has 0 aliphatic carbocycles. The molecule has 0 saturated carbocycles. The maximum Gasteiger partial charge on any atom is 0.243 e. The molecule has 0 heterocycles. The first-order chi connectivity index (χ1) is 14.0. The molecule has 1 rings (SSSR count). The summed E-state index contributed by atoms with van der Waals surface area (Å²) in [6, 6.07) is 7.40. The van der Waals surface area contributed by atoms with Gasteiger partial charge in [-0.05, 0) is 36.8 Å². The van der Waals surface area contributed by atoms with Crippen molar-refractivity contribution in [3.63, 3.8) is 0 Å². The van der Waals surface area contributed by atoms with Gasteiger partial charge in [0.15, 0.2) is 0 Å². The number of ether oxygens (including phenoxy) is 1. The number of aryl methyl sites for hydroxylation is 1. The normalized spacial score (nSPS) is 12.2. The second-order valence-corrected chi connectivity index (χ2v) is 9.07. The van der Waals surface area contributed by atoms with Crippen molar-refractivity contribution in [2.75, 3.05) is 38.7 Å². The van der Waals surface area contributed by atoms with Gasteiger partial charge in [-0.1, -0.05) is 45.4 Å². The largest absolute Gasteiger partial charge is 0.383 e. The zero-order valence-corrected chi connectivity index (χ0v) is 19.2. The van der Waals surface area contributed by atoms with Crippen molar-refractivity contribution in [3.05, 3.63) is 29.8 Å². The highest BCUT2D eigenvalue weighted by Crippen LogP contribution is 2.26. The highest BCUT2D eigenvalue weighted by Gasteiger charge is 2.22. The van der Waals surface area contributed by atoms with Crippen molar-refractivity contribution in [3.8, 4) is 0 Å². The summed E-state index contributed by atoms with van der Waals surface area (Å²) in [6.07, 6.45) is 1.30. The Labute approximate surface area is 180 Å². The second kappa shape index (κ2) is 12.3. The first-order valence-corrected chi connectivity index (χ1v) is 10.4. The van der Waals surface area contributed by atoms with Crippen molar-refractivity contribution in [2.45, 2.75) is 47.5 Å². The molecule has 1 aromatic rings. The Bertz CT molecular complexity index is 695. The lowest BCUT2D eigenvalue weighted by Gasteiger charge is -2.26. The summed E-state index contributed by atoms with van der Waals surface area (Å²) in [5, 5.41) is 5.31. The Balaban J connectivity index is 2.53. The number of nitrogens with zero attached hydrogens (tertiary/aromatic N) is 1. The van der Waals surface area contributed by atoms with Crippen LogP contribution in [0.5, 0.6) is 0 Å². The van der Waals surface area contributed by atoms with Gasteiger partial charge >= 0.3 is 0 Å². The van der Waals surface area contributed by atoms with Crippen molar-refractivity contribution in [2.24, 2.45) is 11.3 Å². The molecular formula is C23H37N3O4.